The molecule has 4 heteroatoms. The van der Waals surface area contributed by atoms with Crippen molar-refractivity contribution in [2.24, 2.45) is 0 Å². The molecule has 0 radical (unpaired) electrons. The molecule has 3 rings (SSSR count). The van der Waals surface area contributed by atoms with Gasteiger partial charge in [0.05, 0.1) is 10.2 Å². The maximum atomic E-state index is 12.1. The Morgan fingerprint density at radius 1 is 1.17 bits per heavy atom. The summed E-state index contributed by atoms with van der Waals surface area (Å²) in [5.74, 6) is 0.502. The zero-order valence-electron chi connectivity index (χ0n) is 13.4. The second-order valence-corrected chi connectivity index (χ2v) is 6.97. The fraction of sp³-hybridized carbons (Fsp3) is 0.263. The second kappa shape index (κ2) is 6.92. The van der Waals surface area contributed by atoms with Gasteiger partial charge >= 0.3 is 0 Å². The largest absolute Gasteiger partial charge is 0.302 e. The Morgan fingerprint density at radius 3 is 2.70 bits per heavy atom. The summed E-state index contributed by atoms with van der Waals surface area (Å²) in [5, 5.41) is 3.60. The van der Waals surface area contributed by atoms with Crippen molar-refractivity contribution in [3.8, 4) is 0 Å². The standard InChI is InChI=1S/C19H20N2OS/c1-13(2)15-9-10-16-17(12-15)23-19(20-16)21-18(22)11-8-14-6-4-3-5-7-14/h3-7,9-10,12-13H,8,11H2,1-2H3,(H,20,21,22). The normalized spacial score (nSPS) is 11.1. The van der Waals surface area contributed by atoms with Crippen molar-refractivity contribution in [1.29, 1.82) is 0 Å². The summed E-state index contributed by atoms with van der Waals surface area (Å²) in [6.07, 6.45) is 1.21. The Bertz CT molecular complexity index is 809. The lowest BCUT2D eigenvalue weighted by Gasteiger charge is -2.03. The van der Waals surface area contributed by atoms with Crippen molar-refractivity contribution in [1.82, 2.24) is 4.98 Å². The smallest absolute Gasteiger partial charge is 0.226 e. The number of rotatable bonds is 5. The second-order valence-electron chi connectivity index (χ2n) is 5.93. The van der Waals surface area contributed by atoms with Gasteiger partial charge in [-0.1, -0.05) is 61.6 Å². The first-order valence-electron chi connectivity index (χ1n) is 7.86. The summed E-state index contributed by atoms with van der Waals surface area (Å²) >= 11 is 1.54. The summed E-state index contributed by atoms with van der Waals surface area (Å²) < 4.78 is 1.12. The van der Waals surface area contributed by atoms with Crippen LogP contribution in [0.25, 0.3) is 10.2 Å². The third-order valence-corrected chi connectivity index (χ3v) is 4.74. The van der Waals surface area contributed by atoms with Crippen LogP contribution in [0.2, 0.25) is 0 Å². The minimum atomic E-state index is 0.0111. The first kappa shape index (κ1) is 15.7. The maximum absolute atomic E-state index is 12.1. The summed E-state index contributed by atoms with van der Waals surface area (Å²) in [6.45, 7) is 4.35. The third-order valence-electron chi connectivity index (χ3n) is 3.81. The zero-order chi connectivity index (χ0) is 16.2. The number of benzene rings is 2. The topological polar surface area (TPSA) is 42.0 Å². The Morgan fingerprint density at radius 2 is 1.96 bits per heavy atom. The number of nitrogens with zero attached hydrogens (tertiary/aromatic N) is 1. The molecule has 0 spiro atoms. The SMILES string of the molecule is CC(C)c1ccc2nc(NC(=O)CCc3ccccc3)sc2c1. The summed E-state index contributed by atoms with van der Waals surface area (Å²) in [7, 11) is 0. The van der Waals surface area contributed by atoms with E-state index in [1.165, 1.54) is 22.5 Å². The molecule has 2 aromatic carbocycles. The van der Waals surface area contributed by atoms with Crippen molar-refractivity contribution in [2.45, 2.75) is 32.6 Å². The van der Waals surface area contributed by atoms with E-state index in [1.54, 1.807) is 0 Å². The molecule has 118 valence electrons. The molecule has 0 unspecified atom stereocenters. The minimum Gasteiger partial charge on any atom is -0.302 e. The highest BCUT2D eigenvalue weighted by molar-refractivity contribution is 7.22. The van der Waals surface area contributed by atoms with Gasteiger partial charge in [0.2, 0.25) is 5.91 Å². The quantitative estimate of drug-likeness (QED) is 0.718. The highest BCUT2D eigenvalue weighted by Gasteiger charge is 2.09. The van der Waals surface area contributed by atoms with E-state index in [4.69, 9.17) is 0 Å². The van der Waals surface area contributed by atoms with Crippen LogP contribution < -0.4 is 5.32 Å². The summed E-state index contributed by atoms with van der Waals surface area (Å²) in [5.41, 5.74) is 3.41. The number of hydrogen-bond donors (Lipinski definition) is 1. The molecule has 3 nitrogen and oxygen atoms in total. The molecule has 0 bridgehead atoms. The predicted molar refractivity (Wildman–Crippen MR) is 97.1 cm³/mol. The first-order valence-corrected chi connectivity index (χ1v) is 8.68. The molecule has 23 heavy (non-hydrogen) atoms. The number of carbonyl (C=O) groups excluding carboxylic acids is 1. The summed E-state index contributed by atoms with van der Waals surface area (Å²) in [6, 6.07) is 16.3. The minimum absolute atomic E-state index is 0.0111. The third kappa shape index (κ3) is 3.96. The van der Waals surface area contributed by atoms with Crippen LogP contribution in [0.5, 0.6) is 0 Å². The number of amides is 1. The van der Waals surface area contributed by atoms with Gasteiger partial charge < -0.3 is 5.32 Å². The molecule has 3 aromatic rings. The van der Waals surface area contributed by atoms with Crippen LogP contribution in [-0.4, -0.2) is 10.9 Å². The Labute approximate surface area is 140 Å². The van der Waals surface area contributed by atoms with E-state index < -0.39 is 0 Å². The van der Waals surface area contributed by atoms with Crippen LogP contribution in [0.3, 0.4) is 0 Å². The van der Waals surface area contributed by atoms with Gasteiger partial charge in [-0.05, 0) is 35.6 Å². The summed E-state index contributed by atoms with van der Waals surface area (Å²) in [4.78, 5) is 16.6. The van der Waals surface area contributed by atoms with E-state index in [1.807, 2.05) is 36.4 Å². The molecule has 0 saturated carbocycles. The van der Waals surface area contributed by atoms with E-state index in [2.05, 4.69) is 36.3 Å². The molecule has 1 aromatic heterocycles. The van der Waals surface area contributed by atoms with Crippen molar-refractivity contribution in [3.05, 3.63) is 59.7 Å². The van der Waals surface area contributed by atoms with Crippen LogP contribution in [0.4, 0.5) is 5.13 Å². The Hall–Kier alpha value is -2.20. The number of nitrogens with one attached hydrogen (secondary N) is 1. The lowest BCUT2D eigenvalue weighted by Crippen LogP contribution is -2.11. The monoisotopic (exact) mass is 324 g/mol. The van der Waals surface area contributed by atoms with E-state index in [-0.39, 0.29) is 5.91 Å². The van der Waals surface area contributed by atoms with Gasteiger partial charge in [-0.25, -0.2) is 4.98 Å². The molecule has 0 fully saturated rings. The van der Waals surface area contributed by atoms with Crippen LogP contribution in [0.15, 0.2) is 48.5 Å². The highest BCUT2D eigenvalue weighted by atomic mass is 32.1. The van der Waals surface area contributed by atoms with Gasteiger partial charge in [0, 0.05) is 6.42 Å². The number of anilines is 1. The number of aryl methyl sites for hydroxylation is 1. The Balaban J connectivity index is 1.65. The number of aromatic nitrogens is 1. The van der Waals surface area contributed by atoms with E-state index in [0.717, 1.165) is 16.6 Å². The van der Waals surface area contributed by atoms with Crippen LogP contribution >= 0.6 is 11.3 Å². The van der Waals surface area contributed by atoms with Gasteiger partial charge in [-0.3, -0.25) is 4.79 Å². The van der Waals surface area contributed by atoms with Crippen molar-refractivity contribution >= 4 is 32.6 Å². The molecule has 0 atom stereocenters. The average molecular weight is 324 g/mol. The van der Waals surface area contributed by atoms with E-state index in [0.29, 0.717) is 17.5 Å². The zero-order valence-corrected chi connectivity index (χ0v) is 14.2. The number of fused-ring (bicyclic) bond motifs is 1. The molecular weight excluding hydrogens is 304 g/mol. The number of carbonyl (C=O) groups is 1. The predicted octanol–water partition coefficient (Wildman–Crippen LogP) is 4.99. The van der Waals surface area contributed by atoms with Gasteiger partial charge in [0.15, 0.2) is 5.13 Å². The lowest BCUT2D eigenvalue weighted by atomic mass is 10.0. The Kier molecular flexibility index (Phi) is 4.72. The van der Waals surface area contributed by atoms with Crippen molar-refractivity contribution in [3.63, 3.8) is 0 Å². The molecule has 0 aliphatic rings. The molecule has 0 aliphatic heterocycles. The first-order chi connectivity index (χ1) is 11.1. The molecule has 1 N–H and O–H groups in total. The van der Waals surface area contributed by atoms with Crippen molar-refractivity contribution < 1.29 is 4.79 Å². The average Bonchev–Trinajstić information content (AvgIpc) is 2.95. The number of thiazole rings is 1. The van der Waals surface area contributed by atoms with E-state index in [9.17, 15) is 4.79 Å². The molecule has 1 amide bonds. The van der Waals surface area contributed by atoms with Crippen LogP contribution in [0.1, 0.15) is 37.3 Å². The fourth-order valence-corrected chi connectivity index (χ4v) is 3.37. The number of hydrogen-bond acceptors (Lipinski definition) is 3. The van der Waals surface area contributed by atoms with Crippen molar-refractivity contribution in [2.75, 3.05) is 5.32 Å². The molecular formula is C19H20N2OS. The van der Waals surface area contributed by atoms with Crippen LogP contribution in [0, 0.1) is 0 Å². The fourth-order valence-electron chi connectivity index (χ4n) is 2.44. The van der Waals surface area contributed by atoms with Crippen LogP contribution in [-0.2, 0) is 11.2 Å². The lowest BCUT2D eigenvalue weighted by molar-refractivity contribution is -0.116. The van der Waals surface area contributed by atoms with E-state index >= 15 is 0 Å². The van der Waals surface area contributed by atoms with Gasteiger partial charge in [-0.2, -0.15) is 0 Å². The maximum Gasteiger partial charge on any atom is 0.226 e. The van der Waals surface area contributed by atoms with Gasteiger partial charge in [-0.15, -0.1) is 0 Å². The molecule has 0 aliphatic carbocycles. The van der Waals surface area contributed by atoms with Gasteiger partial charge in [0.25, 0.3) is 0 Å². The highest BCUT2D eigenvalue weighted by Crippen LogP contribution is 2.29. The molecule has 1 heterocycles. The molecule has 0 saturated heterocycles. The van der Waals surface area contributed by atoms with Gasteiger partial charge in [0.1, 0.15) is 0 Å².